The summed E-state index contributed by atoms with van der Waals surface area (Å²) in [4.78, 5) is 25.1. The molecule has 1 aliphatic rings. The summed E-state index contributed by atoms with van der Waals surface area (Å²) in [5, 5.41) is 12.0. The second-order valence-corrected chi connectivity index (χ2v) is 4.88. The highest BCUT2D eigenvalue weighted by Crippen LogP contribution is 2.33. The number of likely N-dealkylation sites (tertiary alicyclic amines) is 1. The Bertz CT molecular complexity index is 518. The Hall–Kier alpha value is -2.11. The average molecular weight is 280 g/mol. The zero-order valence-corrected chi connectivity index (χ0v) is 11.2. The Morgan fingerprint density at radius 3 is 2.60 bits per heavy atom. The molecule has 6 heteroatoms. The van der Waals surface area contributed by atoms with E-state index in [9.17, 15) is 19.1 Å². The Kier molecular flexibility index (Phi) is 3.92. The molecule has 1 aliphatic heterocycles. The van der Waals surface area contributed by atoms with Crippen molar-refractivity contribution in [1.82, 2.24) is 4.90 Å². The van der Waals surface area contributed by atoms with E-state index < -0.39 is 23.4 Å². The average Bonchev–Trinajstić information content (AvgIpc) is 2.86. The Labute approximate surface area is 116 Å². The van der Waals surface area contributed by atoms with Crippen LogP contribution in [-0.4, -0.2) is 34.1 Å². The van der Waals surface area contributed by atoms with Gasteiger partial charge in [0.05, 0.1) is 0 Å². The predicted molar refractivity (Wildman–Crippen MR) is 72.0 cm³/mol. The summed E-state index contributed by atoms with van der Waals surface area (Å²) in [6.07, 6.45) is 1.48. The maximum absolute atomic E-state index is 12.8. The lowest BCUT2D eigenvalue weighted by atomic mass is 9.93. The van der Waals surface area contributed by atoms with E-state index in [0.717, 1.165) is 0 Å². The van der Waals surface area contributed by atoms with Crippen LogP contribution in [0.15, 0.2) is 24.3 Å². The number of hydrogen-bond donors (Lipinski definition) is 2. The lowest BCUT2D eigenvalue weighted by Crippen LogP contribution is -2.54. The Morgan fingerprint density at radius 1 is 1.40 bits per heavy atom. The van der Waals surface area contributed by atoms with Gasteiger partial charge in [0.15, 0.2) is 0 Å². The second-order valence-electron chi connectivity index (χ2n) is 4.88. The van der Waals surface area contributed by atoms with E-state index >= 15 is 0 Å². The number of carbonyl (C=O) groups is 2. The summed E-state index contributed by atoms with van der Waals surface area (Å²) < 4.78 is 12.8. The van der Waals surface area contributed by atoms with Gasteiger partial charge < -0.3 is 15.3 Å². The molecule has 2 rings (SSSR count). The third kappa shape index (κ3) is 2.45. The molecular weight excluding hydrogens is 263 g/mol. The van der Waals surface area contributed by atoms with Crippen molar-refractivity contribution in [3.8, 4) is 0 Å². The van der Waals surface area contributed by atoms with E-state index in [4.69, 9.17) is 0 Å². The molecule has 2 N–H and O–H groups in total. The molecule has 1 atom stereocenters. The van der Waals surface area contributed by atoms with E-state index in [-0.39, 0.29) is 0 Å². The summed E-state index contributed by atoms with van der Waals surface area (Å²) in [6.45, 7) is 2.17. The van der Waals surface area contributed by atoms with E-state index in [1.807, 2.05) is 0 Å². The zero-order valence-electron chi connectivity index (χ0n) is 11.2. The highest BCUT2D eigenvalue weighted by molar-refractivity contribution is 5.94. The van der Waals surface area contributed by atoms with Gasteiger partial charge in [-0.2, -0.15) is 0 Å². The van der Waals surface area contributed by atoms with Crippen molar-refractivity contribution in [2.45, 2.75) is 31.7 Å². The number of benzene rings is 1. The molecule has 0 spiro atoms. The number of nitrogens with one attached hydrogen (secondary N) is 1. The molecule has 2 amide bonds. The minimum absolute atomic E-state index is 0.360. The molecule has 0 saturated carbocycles. The van der Waals surface area contributed by atoms with Crippen LogP contribution in [0.3, 0.4) is 0 Å². The van der Waals surface area contributed by atoms with Gasteiger partial charge in [-0.1, -0.05) is 6.92 Å². The molecule has 108 valence electrons. The van der Waals surface area contributed by atoms with Gasteiger partial charge in [-0.05, 0) is 43.5 Å². The summed E-state index contributed by atoms with van der Waals surface area (Å²) in [6, 6.07) is 4.90. The number of carbonyl (C=O) groups excluding carboxylic acids is 1. The quantitative estimate of drug-likeness (QED) is 0.894. The summed E-state index contributed by atoms with van der Waals surface area (Å²) >= 11 is 0. The molecule has 1 saturated heterocycles. The van der Waals surface area contributed by atoms with Crippen LogP contribution >= 0.6 is 0 Å². The molecule has 0 aliphatic carbocycles. The maximum atomic E-state index is 12.8. The predicted octanol–water partition coefficient (Wildman–Crippen LogP) is 2.69. The third-order valence-corrected chi connectivity index (χ3v) is 3.81. The van der Waals surface area contributed by atoms with Crippen molar-refractivity contribution in [3.63, 3.8) is 0 Å². The molecule has 1 fully saturated rings. The number of nitrogens with zero attached hydrogens (tertiary/aromatic N) is 1. The minimum atomic E-state index is -1.13. The first-order valence-electron chi connectivity index (χ1n) is 6.57. The molecule has 0 aromatic heterocycles. The first-order chi connectivity index (χ1) is 9.49. The van der Waals surface area contributed by atoms with Gasteiger partial charge in [-0.3, -0.25) is 0 Å². The van der Waals surface area contributed by atoms with Crippen LogP contribution in [0.25, 0.3) is 0 Å². The van der Waals surface area contributed by atoms with Crippen LogP contribution < -0.4 is 5.32 Å². The number of carboxylic acid groups (broad SMARTS) is 1. The fraction of sp³-hybridized carbons (Fsp3) is 0.429. The summed E-state index contributed by atoms with van der Waals surface area (Å²) in [5.74, 6) is -1.37. The molecule has 1 aromatic carbocycles. The fourth-order valence-corrected chi connectivity index (χ4v) is 2.64. The fourth-order valence-electron chi connectivity index (χ4n) is 2.64. The van der Waals surface area contributed by atoms with Crippen LogP contribution in [0.1, 0.15) is 26.2 Å². The SMILES string of the molecule is CCC1(C(=O)O)CCCN1C(=O)Nc1ccc(F)cc1. The lowest BCUT2D eigenvalue weighted by molar-refractivity contribution is -0.148. The van der Waals surface area contributed by atoms with Gasteiger partial charge in [-0.15, -0.1) is 0 Å². The minimum Gasteiger partial charge on any atom is -0.479 e. The molecule has 0 radical (unpaired) electrons. The highest BCUT2D eigenvalue weighted by Gasteiger charge is 2.48. The van der Waals surface area contributed by atoms with Crippen molar-refractivity contribution < 1.29 is 19.1 Å². The van der Waals surface area contributed by atoms with Gasteiger partial charge in [0.1, 0.15) is 11.4 Å². The van der Waals surface area contributed by atoms with Crippen molar-refractivity contribution in [2.75, 3.05) is 11.9 Å². The number of carboxylic acids is 1. The highest BCUT2D eigenvalue weighted by atomic mass is 19.1. The number of halogens is 1. The monoisotopic (exact) mass is 280 g/mol. The topological polar surface area (TPSA) is 69.6 Å². The maximum Gasteiger partial charge on any atom is 0.329 e. The van der Waals surface area contributed by atoms with Crippen LogP contribution in [0, 0.1) is 5.82 Å². The lowest BCUT2D eigenvalue weighted by Gasteiger charge is -2.33. The van der Waals surface area contributed by atoms with E-state index in [1.54, 1.807) is 6.92 Å². The van der Waals surface area contributed by atoms with Crippen LogP contribution in [0.5, 0.6) is 0 Å². The molecule has 1 heterocycles. The zero-order chi connectivity index (χ0) is 14.8. The van der Waals surface area contributed by atoms with Crippen molar-refractivity contribution in [1.29, 1.82) is 0 Å². The Balaban J connectivity index is 2.15. The van der Waals surface area contributed by atoms with Crippen LogP contribution in [-0.2, 0) is 4.79 Å². The number of anilines is 1. The van der Waals surface area contributed by atoms with Crippen molar-refractivity contribution >= 4 is 17.7 Å². The van der Waals surface area contributed by atoms with E-state index in [1.165, 1.54) is 29.2 Å². The van der Waals surface area contributed by atoms with Crippen molar-refractivity contribution in [3.05, 3.63) is 30.1 Å². The van der Waals surface area contributed by atoms with Crippen LogP contribution in [0.4, 0.5) is 14.9 Å². The van der Waals surface area contributed by atoms with Gasteiger partial charge in [0.25, 0.3) is 0 Å². The number of aliphatic carboxylic acids is 1. The number of urea groups is 1. The number of rotatable bonds is 3. The summed E-state index contributed by atoms with van der Waals surface area (Å²) in [5.41, 5.74) is -0.692. The first-order valence-corrected chi connectivity index (χ1v) is 6.57. The standard InChI is InChI=1S/C14H17FN2O3/c1-2-14(12(18)19)8-3-9-17(14)13(20)16-11-6-4-10(15)5-7-11/h4-7H,2-3,8-9H2,1H3,(H,16,20)(H,18,19). The molecule has 20 heavy (non-hydrogen) atoms. The molecule has 1 unspecified atom stereocenters. The Morgan fingerprint density at radius 2 is 2.05 bits per heavy atom. The van der Waals surface area contributed by atoms with Gasteiger partial charge in [-0.25, -0.2) is 14.0 Å². The molecule has 5 nitrogen and oxygen atoms in total. The van der Waals surface area contributed by atoms with Gasteiger partial charge >= 0.3 is 12.0 Å². The molecular formula is C14H17FN2O3. The van der Waals surface area contributed by atoms with Crippen molar-refractivity contribution in [2.24, 2.45) is 0 Å². The third-order valence-electron chi connectivity index (χ3n) is 3.81. The smallest absolute Gasteiger partial charge is 0.329 e. The number of hydrogen-bond acceptors (Lipinski definition) is 2. The first kappa shape index (κ1) is 14.3. The van der Waals surface area contributed by atoms with E-state index in [0.29, 0.717) is 31.5 Å². The summed E-state index contributed by atoms with van der Waals surface area (Å²) in [7, 11) is 0. The van der Waals surface area contributed by atoms with Gasteiger partial charge in [0.2, 0.25) is 0 Å². The molecule has 0 bridgehead atoms. The second kappa shape index (κ2) is 5.48. The molecule has 1 aromatic rings. The number of amides is 2. The largest absolute Gasteiger partial charge is 0.479 e. The van der Waals surface area contributed by atoms with Crippen LogP contribution in [0.2, 0.25) is 0 Å². The van der Waals surface area contributed by atoms with Gasteiger partial charge in [0, 0.05) is 12.2 Å². The van der Waals surface area contributed by atoms with E-state index in [2.05, 4.69) is 5.32 Å². The normalized spacial score (nSPS) is 21.8.